The van der Waals surface area contributed by atoms with E-state index in [0.29, 0.717) is 52.0 Å². The second-order valence-electron chi connectivity index (χ2n) is 8.70. The highest BCUT2D eigenvalue weighted by Gasteiger charge is 2.32. The third kappa shape index (κ3) is 5.70. The van der Waals surface area contributed by atoms with E-state index in [9.17, 15) is 10.1 Å². The van der Waals surface area contributed by atoms with Gasteiger partial charge in [-0.1, -0.05) is 19.4 Å². The zero-order valence-electron chi connectivity index (χ0n) is 22.3. The summed E-state index contributed by atoms with van der Waals surface area (Å²) in [4.78, 5) is 12.8. The second kappa shape index (κ2) is 12.1. The lowest BCUT2D eigenvalue weighted by Gasteiger charge is -2.27. The number of carbonyl (C=O) groups excluding carboxylic acids is 1. The van der Waals surface area contributed by atoms with Gasteiger partial charge in [0, 0.05) is 11.6 Å². The highest BCUT2D eigenvalue weighted by molar-refractivity contribution is 5.91. The third-order valence-electron chi connectivity index (χ3n) is 6.28. The molecule has 0 amide bonds. The summed E-state index contributed by atoms with van der Waals surface area (Å²) in [6.45, 7) is 2.71. The standard InChI is InChI=1S/C30H30N2O7/c1-5-6-13-37-20-9-7-18(8-10-20)30(33)38-21-11-12-22-24(16-21)39-29(32)23(17-31)27(22)19-14-25(34-2)28(36-4)26(15-19)35-3/h7-12,14-16,27H,5-6,13,32H2,1-4H3. The van der Waals surface area contributed by atoms with Crippen LogP contribution in [0.3, 0.4) is 0 Å². The summed E-state index contributed by atoms with van der Waals surface area (Å²) in [6.07, 6.45) is 2.00. The number of unbranched alkanes of at least 4 members (excludes halogenated alkanes) is 1. The first-order valence-corrected chi connectivity index (χ1v) is 12.4. The Labute approximate surface area is 227 Å². The van der Waals surface area contributed by atoms with E-state index in [1.54, 1.807) is 54.6 Å². The van der Waals surface area contributed by atoms with Crippen molar-refractivity contribution >= 4 is 5.97 Å². The average Bonchev–Trinajstić information content (AvgIpc) is 2.95. The zero-order chi connectivity index (χ0) is 27.9. The lowest BCUT2D eigenvalue weighted by molar-refractivity contribution is 0.0734. The topological polar surface area (TPSA) is 122 Å². The van der Waals surface area contributed by atoms with Gasteiger partial charge in [-0.3, -0.25) is 0 Å². The van der Waals surface area contributed by atoms with Crippen LogP contribution in [0.15, 0.2) is 66.1 Å². The molecule has 1 atom stereocenters. The van der Waals surface area contributed by atoms with Gasteiger partial charge in [0.05, 0.1) is 39.4 Å². The van der Waals surface area contributed by atoms with Gasteiger partial charge in [-0.25, -0.2) is 4.79 Å². The summed E-state index contributed by atoms with van der Waals surface area (Å²) < 4.78 is 33.4. The molecule has 0 aliphatic carbocycles. The molecule has 0 saturated heterocycles. The molecule has 1 aliphatic rings. The molecule has 3 aromatic carbocycles. The highest BCUT2D eigenvalue weighted by Crippen LogP contribution is 2.47. The van der Waals surface area contributed by atoms with Crippen LogP contribution in [-0.4, -0.2) is 33.9 Å². The van der Waals surface area contributed by atoms with Crippen LogP contribution >= 0.6 is 0 Å². The van der Waals surface area contributed by atoms with Crippen LogP contribution in [-0.2, 0) is 0 Å². The SMILES string of the molecule is CCCCOc1ccc(C(=O)Oc2ccc3c(c2)OC(N)=C(C#N)C3c2cc(OC)c(OC)c(OC)c2)cc1. The highest BCUT2D eigenvalue weighted by atomic mass is 16.5. The van der Waals surface area contributed by atoms with Crippen molar-refractivity contribution in [2.75, 3.05) is 27.9 Å². The van der Waals surface area contributed by atoms with Gasteiger partial charge in [0.15, 0.2) is 11.5 Å². The lowest BCUT2D eigenvalue weighted by atomic mass is 9.83. The van der Waals surface area contributed by atoms with E-state index in [-0.39, 0.29) is 17.2 Å². The maximum absolute atomic E-state index is 12.8. The number of hydrogen-bond acceptors (Lipinski definition) is 9. The molecule has 0 spiro atoms. The number of allylic oxidation sites excluding steroid dienone is 1. The molecule has 2 N–H and O–H groups in total. The van der Waals surface area contributed by atoms with Gasteiger partial charge in [0.1, 0.15) is 28.9 Å². The molecule has 0 bridgehead atoms. The fourth-order valence-corrected chi connectivity index (χ4v) is 4.30. The number of benzene rings is 3. The van der Waals surface area contributed by atoms with E-state index in [2.05, 4.69) is 13.0 Å². The first kappa shape index (κ1) is 27.2. The third-order valence-corrected chi connectivity index (χ3v) is 6.28. The molecule has 1 heterocycles. The number of methoxy groups -OCH3 is 3. The normalized spacial score (nSPS) is 14.0. The monoisotopic (exact) mass is 530 g/mol. The summed E-state index contributed by atoms with van der Waals surface area (Å²) >= 11 is 0. The molecule has 9 nitrogen and oxygen atoms in total. The quantitative estimate of drug-likeness (QED) is 0.210. The van der Waals surface area contributed by atoms with Gasteiger partial charge >= 0.3 is 5.97 Å². The predicted molar refractivity (Wildman–Crippen MR) is 144 cm³/mol. The molecule has 0 saturated carbocycles. The number of nitriles is 1. The molecule has 0 fully saturated rings. The Bertz CT molecular complexity index is 1400. The number of esters is 1. The molecule has 1 aliphatic heterocycles. The average molecular weight is 531 g/mol. The Balaban J connectivity index is 1.63. The van der Waals surface area contributed by atoms with Crippen molar-refractivity contribution in [2.24, 2.45) is 5.73 Å². The van der Waals surface area contributed by atoms with E-state index in [1.807, 2.05) is 0 Å². The molecular formula is C30H30N2O7. The van der Waals surface area contributed by atoms with Crippen LogP contribution in [0.25, 0.3) is 0 Å². The van der Waals surface area contributed by atoms with Crippen LogP contribution < -0.4 is 34.2 Å². The first-order valence-electron chi connectivity index (χ1n) is 12.4. The fraction of sp³-hybridized carbons (Fsp3) is 0.267. The molecular weight excluding hydrogens is 500 g/mol. The van der Waals surface area contributed by atoms with Crippen molar-refractivity contribution < 1.29 is 33.2 Å². The smallest absolute Gasteiger partial charge is 0.343 e. The molecule has 9 heteroatoms. The van der Waals surface area contributed by atoms with Crippen molar-refractivity contribution in [3.63, 3.8) is 0 Å². The van der Waals surface area contributed by atoms with Crippen LogP contribution in [0.4, 0.5) is 0 Å². The van der Waals surface area contributed by atoms with Crippen LogP contribution in [0.1, 0.15) is 47.2 Å². The number of nitrogens with zero attached hydrogens (tertiary/aromatic N) is 1. The Morgan fingerprint density at radius 1 is 0.974 bits per heavy atom. The van der Waals surface area contributed by atoms with Crippen molar-refractivity contribution in [3.05, 3.63) is 82.7 Å². The minimum Gasteiger partial charge on any atom is -0.494 e. The fourth-order valence-electron chi connectivity index (χ4n) is 4.30. The molecule has 202 valence electrons. The number of hydrogen-bond donors (Lipinski definition) is 1. The number of carbonyl (C=O) groups is 1. The van der Waals surface area contributed by atoms with Crippen LogP contribution in [0.2, 0.25) is 0 Å². The summed E-state index contributed by atoms with van der Waals surface area (Å²) in [5.41, 5.74) is 8.09. The molecule has 3 aromatic rings. The molecule has 1 unspecified atom stereocenters. The summed E-state index contributed by atoms with van der Waals surface area (Å²) in [5.74, 6) is 1.43. The van der Waals surface area contributed by atoms with Crippen LogP contribution in [0, 0.1) is 11.3 Å². The Morgan fingerprint density at radius 2 is 1.64 bits per heavy atom. The van der Waals surface area contributed by atoms with Crippen molar-refractivity contribution in [1.82, 2.24) is 0 Å². The van der Waals surface area contributed by atoms with Crippen molar-refractivity contribution in [3.8, 4) is 40.6 Å². The van der Waals surface area contributed by atoms with Crippen LogP contribution in [0.5, 0.6) is 34.5 Å². The Morgan fingerprint density at radius 3 is 2.23 bits per heavy atom. The van der Waals surface area contributed by atoms with Gasteiger partial charge < -0.3 is 34.2 Å². The van der Waals surface area contributed by atoms with Gasteiger partial charge in [0.25, 0.3) is 0 Å². The minimum absolute atomic E-state index is 0.0501. The number of rotatable bonds is 10. The minimum atomic E-state index is -0.586. The zero-order valence-corrected chi connectivity index (χ0v) is 22.3. The van der Waals surface area contributed by atoms with E-state index in [1.165, 1.54) is 21.3 Å². The predicted octanol–water partition coefficient (Wildman–Crippen LogP) is 5.33. The maximum Gasteiger partial charge on any atom is 0.343 e. The number of ether oxygens (including phenoxy) is 6. The Hall–Kier alpha value is -4.84. The van der Waals surface area contributed by atoms with E-state index < -0.39 is 11.9 Å². The van der Waals surface area contributed by atoms with E-state index in [0.717, 1.165) is 12.8 Å². The van der Waals surface area contributed by atoms with Gasteiger partial charge in [-0.15, -0.1) is 0 Å². The van der Waals surface area contributed by atoms with Crippen molar-refractivity contribution in [2.45, 2.75) is 25.7 Å². The van der Waals surface area contributed by atoms with E-state index in [4.69, 9.17) is 34.2 Å². The molecule has 0 aromatic heterocycles. The van der Waals surface area contributed by atoms with Crippen molar-refractivity contribution in [1.29, 1.82) is 5.26 Å². The first-order chi connectivity index (χ1) is 18.9. The second-order valence-corrected chi connectivity index (χ2v) is 8.70. The maximum atomic E-state index is 12.8. The van der Waals surface area contributed by atoms with Gasteiger partial charge in [-0.05, 0) is 54.4 Å². The van der Waals surface area contributed by atoms with E-state index >= 15 is 0 Å². The molecule has 4 rings (SSSR count). The number of nitrogens with two attached hydrogens (primary N) is 1. The number of fused-ring (bicyclic) bond motifs is 1. The summed E-state index contributed by atoms with van der Waals surface area (Å²) in [5, 5.41) is 9.92. The summed E-state index contributed by atoms with van der Waals surface area (Å²) in [7, 11) is 4.55. The lowest BCUT2D eigenvalue weighted by Crippen LogP contribution is -2.21. The van der Waals surface area contributed by atoms with Gasteiger partial charge in [0.2, 0.25) is 11.6 Å². The Kier molecular flexibility index (Phi) is 8.46. The molecule has 0 radical (unpaired) electrons. The largest absolute Gasteiger partial charge is 0.494 e. The van der Waals surface area contributed by atoms with Gasteiger partial charge in [-0.2, -0.15) is 5.26 Å². The summed E-state index contributed by atoms with van der Waals surface area (Å²) in [6, 6.07) is 17.4. The molecule has 39 heavy (non-hydrogen) atoms.